The zero-order valence-electron chi connectivity index (χ0n) is 14.1. The Bertz CT molecular complexity index is 944. The number of rotatable bonds is 4. The zero-order chi connectivity index (χ0) is 17.8. The second-order valence-corrected chi connectivity index (χ2v) is 5.91. The molecule has 0 unspecified atom stereocenters. The van der Waals surface area contributed by atoms with Crippen LogP contribution in [0.2, 0.25) is 0 Å². The smallest absolute Gasteiger partial charge is 0.123 e. The molecule has 0 saturated heterocycles. The van der Waals surface area contributed by atoms with Crippen molar-refractivity contribution >= 4 is 17.1 Å². The van der Waals surface area contributed by atoms with E-state index in [2.05, 4.69) is 34.1 Å². The molecule has 4 rings (SSSR count). The van der Waals surface area contributed by atoms with Crippen molar-refractivity contribution in [2.24, 2.45) is 0 Å². The number of halogens is 1. The molecule has 0 bridgehead atoms. The third-order valence-corrected chi connectivity index (χ3v) is 4.17. The highest BCUT2D eigenvalue weighted by molar-refractivity contribution is 5.78. The summed E-state index contributed by atoms with van der Waals surface area (Å²) in [4.78, 5) is 6.64. The van der Waals surface area contributed by atoms with Gasteiger partial charge in [0.05, 0.1) is 5.69 Å². The van der Waals surface area contributed by atoms with Gasteiger partial charge in [0.2, 0.25) is 0 Å². The summed E-state index contributed by atoms with van der Waals surface area (Å²) in [6.07, 6.45) is 1.78. The van der Waals surface area contributed by atoms with Gasteiger partial charge in [0.25, 0.3) is 0 Å². The lowest BCUT2D eigenvalue weighted by molar-refractivity contribution is 0.628. The summed E-state index contributed by atoms with van der Waals surface area (Å²) in [5.74, 6) is -0.250. The lowest BCUT2D eigenvalue weighted by atomic mass is 10.1. The summed E-state index contributed by atoms with van der Waals surface area (Å²) in [5, 5.41) is 0. The van der Waals surface area contributed by atoms with Gasteiger partial charge in [-0.25, -0.2) is 4.39 Å². The number of hydrogen-bond acceptors (Lipinski definition) is 2. The molecule has 0 aliphatic rings. The Balaban J connectivity index is 1.82. The first kappa shape index (κ1) is 16.0. The summed E-state index contributed by atoms with van der Waals surface area (Å²) in [6.45, 7) is 0. The Morgan fingerprint density at radius 2 is 1.19 bits per heavy atom. The molecule has 0 amide bonds. The van der Waals surface area contributed by atoms with Crippen LogP contribution in [0.3, 0.4) is 0 Å². The number of anilines is 3. The van der Waals surface area contributed by atoms with Crippen LogP contribution in [0.25, 0.3) is 11.3 Å². The minimum Gasteiger partial charge on any atom is -0.310 e. The van der Waals surface area contributed by atoms with Crippen molar-refractivity contribution in [1.82, 2.24) is 4.98 Å². The van der Waals surface area contributed by atoms with Gasteiger partial charge in [-0.15, -0.1) is 0 Å². The second kappa shape index (κ2) is 7.19. The van der Waals surface area contributed by atoms with Crippen molar-refractivity contribution in [3.05, 3.63) is 109 Å². The minimum atomic E-state index is -0.250. The quantitative estimate of drug-likeness (QED) is 0.430. The summed E-state index contributed by atoms with van der Waals surface area (Å²) in [7, 11) is 0. The molecule has 1 heterocycles. The largest absolute Gasteiger partial charge is 0.310 e. The van der Waals surface area contributed by atoms with E-state index in [-0.39, 0.29) is 5.82 Å². The van der Waals surface area contributed by atoms with Crippen molar-refractivity contribution < 1.29 is 4.39 Å². The van der Waals surface area contributed by atoms with Gasteiger partial charge in [-0.1, -0.05) is 36.4 Å². The highest BCUT2D eigenvalue weighted by atomic mass is 19.1. The van der Waals surface area contributed by atoms with Crippen molar-refractivity contribution in [3.8, 4) is 11.3 Å². The molecule has 0 radical (unpaired) electrons. The number of nitrogens with zero attached hydrogens (tertiary/aromatic N) is 2. The number of aromatic nitrogens is 1. The summed E-state index contributed by atoms with van der Waals surface area (Å²) in [6, 6.07) is 30.8. The fourth-order valence-electron chi connectivity index (χ4n) is 2.94. The first-order chi connectivity index (χ1) is 12.8. The third-order valence-electron chi connectivity index (χ3n) is 4.17. The molecule has 0 fully saturated rings. The molecule has 3 aromatic carbocycles. The summed E-state index contributed by atoms with van der Waals surface area (Å²) >= 11 is 0. The average molecular weight is 340 g/mol. The van der Waals surface area contributed by atoms with Crippen molar-refractivity contribution in [1.29, 1.82) is 0 Å². The van der Waals surface area contributed by atoms with E-state index in [4.69, 9.17) is 0 Å². The molecule has 0 saturated carbocycles. The number of benzene rings is 3. The van der Waals surface area contributed by atoms with E-state index in [0.29, 0.717) is 0 Å². The van der Waals surface area contributed by atoms with Gasteiger partial charge in [-0.05, 0) is 60.7 Å². The molecule has 4 aromatic rings. The standard InChI is InChI=1S/C23H17FN2/c24-19-13-11-18(12-14-19)23-17-22(15-16-25-23)26(20-7-3-1-4-8-20)21-9-5-2-6-10-21/h1-17H. The zero-order valence-corrected chi connectivity index (χ0v) is 14.1. The van der Waals surface area contributed by atoms with Gasteiger partial charge in [0.1, 0.15) is 5.82 Å². The van der Waals surface area contributed by atoms with Gasteiger partial charge in [0.15, 0.2) is 0 Å². The normalized spacial score (nSPS) is 10.5. The van der Waals surface area contributed by atoms with Crippen LogP contribution in [0.1, 0.15) is 0 Å². The third kappa shape index (κ3) is 3.33. The Morgan fingerprint density at radius 3 is 1.77 bits per heavy atom. The Labute approximate surface area is 152 Å². The van der Waals surface area contributed by atoms with Gasteiger partial charge in [0, 0.05) is 28.8 Å². The van der Waals surface area contributed by atoms with Crippen molar-refractivity contribution in [2.45, 2.75) is 0 Å². The number of para-hydroxylation sites is 2. The van der Waals surface area contributed by atoms with E-state index >= 15 is 0 Å². The van der Waals surface area contributed by atoms with Crippen LogP contribution in [-0.2, 0) is 0 Å². The van der Waals surface area contributed by atoms with Gasteiger partial charge in [-0.2, -0.15) is 0 Å². The van der Waals surface area contributed by atoms with E-state index in [1.807, 2.05) is 48.5 Å². The van der Waals surface area contributed by atoms with Crippen molar-refractivity contribution in [2.75, 3.05) is 4.90 Å². The fraction of sp³-hybridized carbons (Fsp3) is 0. The molecule has 126 valence electrons. The maximum Gasteiger partial charge on any atom is 0.123 e. The first-order valence-electron chi connectivity index (χ1n) is 8.43. The highest BCUT2D eigenvalue weighted by Gasteiger charge is 2.13. The lowest BCUT2D eigenvalue weighted by Crippen LogP contribution is -2.09. The molecular formula is C23H17FN2. The molecule has 1 aromatic heterocycles. The van der Waals surface area contributed by atoms with E-state index in [0.717, 1.165) is 28.3 Å². The molecule has 0 N–H and O–H groups in total. The highest BCUT2D eigenvalue weighted by Crippen LogP contribution is 2.35. The van der Waals surface area contributed by atoms with Crippen LogP contribution in [0.15, 0.2) is 103 Å². The maximum absolute atomic E-state index is 13.2. The Morgan fingerprint density at radius 1 is 0.615 bits per heavy atom. The van der Waals surface area contributed by atoms with Crippen LogP contribution in [-0.4, -0.2) is 4.98 Å². The molecule has 2 nitrogen and oxygen atoms in total. The van der Waals surface area contributed by atoms with E-state index in [9.17, 15) is 4.39 Å². The van der Waals surface area contributed by atoms with E-state index in [1.165, 1.54) is 12.1 Å². The number of pyridine rings is 1. The van der Waals surface area contributed by atoms with E-state index in [1.54, 1.807) is 18.3 Å². The Hall–Kier alpha value is -3.46. The van der Waals surface area contributed by atoms with Crippen LogP contribution in [0.4, 0.5) is 21.5 Å². The molecule has 0 spiro atoms. The average Bonchev–Trinajstić information content (AvgIpc) is 2.71. The molecule has 0 atom stereocenters. The Kier molecular flexibility index (Phi) is 4.44. The molecular weight excluding hydrogens is 323 g/mol. The SMILES string of the molecule is Fc1ccc(-c2cc(N(c3ccccc3)c3ccccc3)ccn2)cc1. The predicted molar refractivity (Wildman–Crippen MR) is 104 cm³/mol. The van der Waals surface area contributed by atoms with Gasteiger partial charge >= 0.3 is 0 Å². The fourth-order valence-corrected chi connectivity index (χ4v) is 2.94. The second-order valence-electron chi connectivity index (χ2n) is 5.91. The van der Waals surface area contributed by atoms with E-state index < -0.39 is 0 Å². The summed E-state index contributed by atoms with van der Waals surface area (Å²) in [5.41, 5.74) is 4.82. The molecule has 0 aliphatic heterocycles. The van der Waals surface area contributed by atoms with Crippen molar-refractivity contribution in [3.63, 3.8) is 0 Å². The van der Waals surface area contributed by atoms with Crippen LogP contribution in [0.5, 0.6) is 0 Å². The van der Waals surface area contributed by atoms with Gasteiger partial charge < -0.3 is 4.90 Å². The first-order valence-corrected chi connectivity index (χ1v) is 8.43. The predicted octanol–water partition coefficient (Wildman–Crippen LogP) is 6.36. The summed E-state index contributed by atoms with van der Waals surface area (Å²) < 4.78 is 13.2. The molecule has 0 aliphatic carbocycles. The van der Waals surface area contributed by atoms with Crippen LogP contribution >= 0.6 is 0 Å². The monoisotopic (exact) mass is 340 g/mol. The topological polar surface area (TPSA) is 16.1 Å². The maximum atomic E-state index is 13.2. The molecule has 26 heavy (non-hydrogen) atoms. The van der Waals surface area contributed by atoms with Crippen LogP contribution in [0, 0.1) is 5.82 Å². The lowest BCUT2D eigenvalue weighted by Gasteiger charge is -2.25. The van der Waals surface area contributed by atoms with Crippen LogP contribution < -0.4 is 4.90 Å². The minimum absolute atomic E-state index is 0.250. The van der Waals surface area contributed by atoms with Gasteiger partial charge in [-0.3, -0.25) is 4.98 Å². The number of hydrogen-bond donors (Lipinski definition) is 0. The molecule has 3 heteroatoms.